The number of aryl methyl sites for hydroxylation is 2. The number of amides is 2. The number of morpholine rings is 1. The first-order valence-corrected chi connectivity index (χ1v) is 13.1. The molecular formula is C29H33F2N3O3. The molecule has 0 N–H and O–H groups in total. The van der Waals surface area contributed by atoms with Crippen LogP contribution in [0.3, 0.4) is 0 Å². The fraction of sp³-hybridized carbons (Fsp3) is 0.448. The van der Waals surface area contributed by atoms with E-state index in [1.165, 1.54) is 4.90 Å². The van der Waals surface area contributed by atoms with Gasteiger partial charge in [0.1, 0.15) is 0 Å². The lowest BCUT2D eigenvalue weighted by Crippen LogP contribution is -2.42. The van der Waals surface area contributed by atoms with Crippen molar-refractivity contribution in [3.05, 3.63) is 71.4 Å². The van der Waals surface area contributed by atoms with Crippen LogP contribution in [-0.4, -0.2) is 71.5 Å². The summed E-state index contributed by atoms with van der Waals surface area (Å²) in [4.78, 5) is 29.4. The largest absolute Gasteiger partial charge is 0.378 e. The van der Waals surface area contributed by atoms with Gasteiger partial charge in [-0.05, 0) is 43.0 Å². The van der Waals surface area contributed by atoms with Crippen LogP contribution in [0.5, 0.6) is 0 Å². The Kier molecular flexibility index (Phi) is 7.55. The van der Waals surface area contributed by atoms with Crippen LogP contribution in [0, 0.1) is 0 Å². The number of hydrogen-bond acceptors (Lipinski definition) is 3. The highest BCUT2D eigenvalue weighted by Gasteiger charge is 2.35. The third-order valence-corrected chi connectivity index (χ3v) is 7.39. The lowest BCUT2D eigenvalue weighted by Gasteiger charge is -2.31. The second kappa shape index (κ2) is 11.0. The first kappa shape index (κ1) is 25.4. The number of hydrogen-bond donors (Lipinski definition) is 0. The predicted molar refractivity (Wildman–Crippen MR) is 138 cm³/mol. The maximum absolute atomic E-state index is 13.5. The zero-order valence-corrected chi connectivity index (χ0v) is 21.0. The van der Waals surface area contributed by atoms with E-state index in [1.807, 2.05) is 47.5 Å². The number of alkyl halides is 2. The SMILES string of the molecule is O=C(c1cccc(CCCCn2cc(C(=O)N3CCOCC3)c3ccccc32)c1)N1CCC(F)(F)CC1. The third-order valence-electron chi connectivity index (χ3n) is 7.39. The van der Waals surface area contributed by atoms with Crippen molar-refractivity contribution >= 4 is 22.7 Å². The second-order valence-electron chi connectivity index (χ2n) is 9.96. The molecule has 0 radical (unpaired) electrons. The number of likely N-dealkylation sites (tertiary alicyclic amines) is 1. The van der Waals surface area contributed by atoms with E-state index in [-0.39, 0.29) is 37.7 Å². The van der Waals surface area contributed by atoms with E-state index >= 15 is 0 Å². The standard InChI is InChI=1S/C29H33F2N3O3/c30-29(31)11-14-32(15-12-29)27(35)23-8-5-7-22(20-23)6-3-4-13-34-21-25(24-9-1-2-10-26(24)34)28(36)33-16-18-37-19-17-33/h1-2,5,7-10,20-21H,3-4,6,11-19H2. The second-order valence-corrected chi connectivity index (χ2v) is 9.96. The summed E-state index contributed by atoms with van der Waals surface area (Å²) in [5.41, 5.74) is 3.41. The Morgan fingerprint density at radius 1 is 0.865 bits per heavy atom. The summed E-state index contributed by atoms with van der Waals surface area (Å²) < 4.78 is 34.5. The number of piperidine rings is 1. The van der Waals surface area contributed by atoms with Crippen molar-refractivity contribution < 1.29 is 23.1 Å². The van der Waals surface area contributed by atoms with Crippen LogP contribution in [-0.2, 0) is 17.7 Å². The smallest absolute Gasteiger partial charge is 0.256 e. The Balaban J connectivity index is 1.19. The summed E-state index contributed by atoms with van der Waals surface area (Å²) >= 11 is 0. The normalized spacial score (nSPS) is 17.8. The van der Waals surface area contributed by atoms with Crippen molar-refractivity contribution in [2.75, 3.05) is 39.4 Å². The lowest BCUT2D eigenvalue weighted by molar-refractivity contribution is -0.0494. The van der Waals surface area contributed by atoms with Crippen LogP contribution in [0.15, 0.2) is 54.7 Å². The van der Waals surface area contributed by atoms with Gasteiger partial charge in [0.2, 0.25) is 0 Å². The molecule has 2 fully saturated rings. The summed E-state index contributed by atoms with van der Waals surface area (Å²) in [5, 5.41) is 0.973. The molecule has 0 atom stereocenters. The van der Waals surface area contributed by atoms with Gasteiger partial charge in [-0.1, -0.05) is 30.3 Å². The number of carbonyl (C=O) groups excluding carboxylic acids is 2. The summed E-state index contributed by atoms with van der Waals surface area (Å²) in [5.74, 6) is -2.79. The van der Waals surface area contributed by atoms with Gasteiger partial charge in [-0.15, -0.1) is 0 Å². The molecule has 0 spiro atoms. The summed E-state index contributed by atoms with van der Waals surface area (Å²) in [6.45, 7) is 3.36. The molecular weight excluding hydrogens is 476 g/mol. The number of para-hydroxylation sites is 1. The zero-order valence-electron chi connectivity index (χ0n) is 21.0. The molecule has 2 aliphatic heterocycles. The highest BCUT2D eigenvalue weighted by atomic mass is 19.3. The van der Waals surface area contributed by atoms with Crippen molar-refractivity contribution in [1.29, 1.82) is 0 Å². The van der Waals surface area contributed by atoms with Crippen LogP contribution in [0.2, 0.25) is 0 Å². The minimum atomic E-state index is -2.67. The number of unbranched alkanes of at least 4 members (excludes halogenated alkanes) is 1. The van der Waals surface area contributed by atoms with Gasteiger partial charge in [0.05, 0.1) is 18.8 Å². The van der Waals surface area contributed by atoms with E-state index in [1.54, 1.807) is 6.07 Å². The van der Waals surface area contributed by atoms with Crippen molar-refractivity contribution in [3.63, 3.8) is 0 Å². The number of benzene rings is 2. The molecule has 3 heterocycles. The first-order chi connectivity index (χ1) is 17.9. The number of fused-ring (bicyclic) bond motifs is 1. The minimum absolute atomic E-state index is 0.0529. The van der Waals surface area contributed by atoms with E-state index in [0.29, 0.717) is 31.9 Å². The Morgan fingerprint density at radius 3 is 2.38 bits per heavy atom. The number of aromatic nitrogens is 1. The fourth-order valence-corrected chi connectivity index (χ4v) is 5.23. The molecule has 2 aromatic carbocycles. The maximum atomic E-state index is 13.5. The highest BCUT2D eigenvalue weighted by molar-refractivity contribution is 6.07. The summed E-state index contributed by atoms with van der Waals surface area (Å²) in [6.07, 6.45) is 4.09. The topological polar surface area (TPSA) is 54.8 Å². The van der Waals surface area contributed by atoms with E-state index in [2.05, 4.69) is 10.6 Å². The van der Waals surface area contributed by atoms with Crippen LogP contribution >= 0.6 is 0 Å². The molecule has 6 nitrogen and oxygen atoms in total. The molecule has 1 aromatic heterocycles. The minimum Gasteiger partial charge on any atom is -0.378 e. The van der Waals surface area contributed by atoms with Crippen LogP contribution in [0.25, 0.3) is 10.9 Å². The van der Waals surface area contributed by atoms with Gasteiger partial charge in [0.15, 0.2) is 0 Å². The molecule has 2 amide bonds. The molecule has 0 aliphatic carbocycles. The molecule has 37 heavy (non-hydrogen) atoms. The first-order valence-electron chi connectivity index (χ1n) is 13.1. The molecule has 3 aromatic rings. The molecule has 2 saturated heterocycles. The Labute approximate surface area is 215 Å². The fourth-order valence-electron chi connectivity index (χ4n) is 5.23. The zero-order chi connectivity index (χ0) is 25.8. The van der Waals surface area contributed by atoms with E-state index < -0.39 is 5.92 Å². The van der Waals surface area contributed by atoms with Crippen LogP contribution < -0.4 is 0 Å². The number of rotatable bonds is 7. The van der Waals surface area contributed by atoms with Gasteiger partial charge < -0.3 is 19.1 Å². The monoisotopic (exact) mass is 509 g/mol. The lowest BCUT2D eigenvalue weighted by atomic mass is 10.0. The van der Waals surface area contributed by atoms with Gasteiger partial charge in [-0.2, -0.15) is 0 Å². The Morgan fingerprint density at radius 2 is 1.59 bits per heavy atom. The van der Waals surface area contributed by atoms with Crippen molar-refractivity contribution in [2.45, 2.75) is 44.6 Å². The molecule has 2 aliphatic rings. The van der Waals surface area contributed by atoms with Crippen molar-refractivity contribution in [2.24, 2.45) is 0 Å². The van der Waals surface area contributed by atoms with Gasteiger partial charge in [-0.25, -0.2) is 8.78 Å². The quantitative estimate of drug-likeness (QED) is 0.421. The Bertz CT molecular complexity index is 1260. The molecule has 0 bridgehead atoms. The van der Waals surface area contributed by atoms with E-state index in [4.69, 9.17) is 4.74 Å². The molecule has 8 heteroatoms. The van der Waals surface area contributed by atoms with Crippen molar-refractivity contribution in [1.82, 2.24) is 14.4 Å². The molecule has 0 saturated carbocycles. The van der Waals surface area contributed by atoms with E-state index in [0.717, 1.165) is 47.8 Å². The number of carbonyl (C=O) groups is 2. The molecule has 0 unspecified atom stereocenters. The Hall–Kier alpha value is -3.26. The molecule has 5 rings (SSSR count). The highest BCUT2D eigenvalue weighted by Crippen LogP contribution is 2.28. The van der Waals surface area contributed by atoms with Crippen molar-refractivity contribution in [3.8, 4) is 0 Å². The summed E-state index contributed by atoms with van der Waals surface area (Å²) in [7, 11) is 0. The van der Waals surface area contributed by atoms with Crippen LogP contribution in [0.1, 0.15) is 52.0 Å². The average Bonchev–Trinajstić information content (AvgIpc) is 3.29. The van der Waals surface area contributed by atoms with Gasteiger partial charge >= 0.3 is 0 Å². The molecule has 196 valence electrons. The average molecular weight is 510 g/mol. The van der Waals surface area contributed by atoms with Crippen LogP contribution in [0.4, 0.5) is 8.78 Å². The number of ether oxygens (including phenoxy) is 1. The van der Waals surface area contributed by atoms with Gasteiger partial charge in [-0.3, -0.25) is 9.59 Å². The number of halogens is 2. The third kappa shape index (κ3) is 5.85. The maximum Gasteiger partial charge on any atom is 0.256 e. The predicted octanol–water partition coefficient (Wildman–Crippen LogP) is 5.01. The summed E-state index contributed by atoms with van der Waals surface area (Å²) in [6, 6.07) is 15.5. The number of nitrogens with zero attached hydrogens (tertiary/aromatic N) is 3. The van der Waals surface area contributed by atoms with Gasteiger partial charge in [0, 0.05) is 68.2 Å². The van der Waals surface area contributed by atoms with E-state index in [9.17, 15) is 18.4 Å². The van der Waals surface area contributed by atoms with Gasteiger partial charge in [0.25, 0.3) is 17.7 Å².